The number of hydrogen-bond donors (Lipinski definition) is 0. The van der Waals surface area contributed by atoms with E-state index in [9.17, 15) is 13.2 Å². The largest absolute Gasteiger partial charge is 0.465 e. The van der Waals surface area contributed by atoms with Gasteiger partial charge >= 0.3 is 5.97 Å². The summed E-state index contributed by atoms with van der Waals surface area (Å²) >= 11 is 18.4. The Morgan fingerprint density at radius 2 is 1.88 bits per heavy atom. The number of esters is 1. The second-order valence-corrected chi connectivity index (χ2v) is 10.2. The minimum absolute atomic E-state index is 0.0423. The Morgan fingerprint density at radius 1 is 1.09 bits per heavy atom. The van der Waals surface area contributed by atoms with Crippen molar-refractivity contribution in [2.45, 2.75) is 31.2 Å². The highest BCUT2D eigenvalue weighted by atomic mass is 35.5. The molecule has 2 aromatic carbocycles. The van der Waals surface area contributed by atoms with Crippen LogP contribution in [0.4, 0.5) is 0 Å². The summed E-state index contributed by atoms with van der Waals surface area (Å²) in [5.74, 6) is -0.632. The molecular weight excluding hydrogens is 495 g/mol. The van der Waals surface area contributed by atoms with Crippen LogP contribution in [0.2, 0.25) is 15.2 Å². The fourth-order valence-electron chi connectivity index (χ4n) is 3.05. The lowest BCUT2D eigenvalue weighted by Crippen LogP contribution is -2.36. The van der Waals surface area contributed by atoms with E-state index in [0.717, 1.165) is 10.7 Å². The van der Waals surface area contributed by atoms with Crippen LogP contribution in [-0.2, 0) is 26.1 Å². The van der Waals surface area contributed by atoms with E-state index in [1.165, 1.54) is 18.3 Å². The van der Waals surface area contributed by atoms with Crippen molar-refractivity contribution in [3.63, 3.8) is 0 Å². The molecule has 0 bridgehead atoms. The number of ether oxygens (including phenoxy) is 1. The Kier molecular flexibility index (Phi) is 8.36. The lowest BCUT2D eigenvalue weighted by Gasteiger charge is -2.22. The number of unbranched alkanes of at least 4 members (excludes halogenated alkanes) is 1. The zero-order valence-corrected chi connectivity index (χ0v) is 20.3. The summed E-state index contributed by atoms with van der Waals surface area (Å²) in [6.07, 6.45) is 2.95. The predicted molar refractivity (Wildman–Crippen MR) is 127 cm³/mol. The molecule has 3 aromatic rings. The Labute approximate surface area is 202 Å². The van der Waals surface area contributed by atoms with E-state index in [1.54, 1.807) is 30.3 Å². The van der Waals surface area contributed by atoms with Gasteiger partial charge in [-0.2, -0.15) is 4.31 Å². The van der Waals surface area contributed by atoms with E-state index in [0.29, 0.717) is 32.8 Å². The highest BCUT2D eigenvalue weighted by Crippen LogP contribution is 2.31. The molecule has 0 fully saturated rings. The van der Waals surface area contributed by atoms with Crippen molar-refractivity contribution in [1.29, 1.82) is 0 Å². The van der Waals surface area contributed by atoms with E-state index < -0.39 is 22.5 Å². The SMILES string of the molecule is CCCCOC(=O)CN(Cc1cccc(Cl)c1)S(=O)(=O)c1ccc2c(Cl)cnc(Cl)c2c1. The number of pyridine rings is 1. The molecule has 10 heteroatoms. The molecule has 0 saturated heterocycles. The number of carbonyl (C=O) groups excluding carboxylic acids is 1. The number of nitrogens with zero attached hydrogens (tertiary/aromatic N) is 2. The maximum atomic E-state index is 13.5. The number of hydrogen-bond acceptors (Lipinski definition) is 5. The van der Waals surface area contributed by atoms with Crippen molar-refractivity contribution < 1.29 is 17.9 Å². The van der Waals surface area contributed by atoms with Crippen molar-refractivity contribution >= 4 is 61.6 Å². The van der Waals surface area contributed by atoms with Gasteiger partial charge in [0.05, 0.1) is 16.5 Å². The maximum Gasteiger partial charge on any atom is 0.321 e. The fourth-order valence-corrected chi connectivity index (χ4v) is 5.08. The molecule has 6 nitrogen and oxygen atoms in total. The Hall–Kier alpha value is -1.90. The third-order valence-corrected chi connectivity index (χ3v) is 7.34. The number of fused-ring (bicyclic) bond motifs is 1. The summed E-state index contributed by atoms with van der Waals surface area (Å²) < 4.78 is 33.3. The van der Waals surface area contributed by atoms with E-state index in [1.807, 2.05) is 6.92 Å². The molecule has 0 amide bonds. The number of carbonyl (C=O) groups is 1. The summed E-state index contributed by atoms with van der Waals surface area (Å²) in [6, 6.07) is 11.2. The van der Waals surface area contributed by atoms with Crippen molar-refractivity contribution in [1.82, 2.24) is 9.29 Å². The molecule has 0 saturated carbocycles. The van der Waals surface area contributed by atoms with Gasteiger partial charge in [-0.25, -0.2) is 13.4 Å². The molecule has 3 rings (SSSR count). The van der Waals surface area contributed by atoms with Gasteiger partial charge in [0.1, 0.15) is 11.7 Å². The fraction of sp³-hybridized carbons (Fsp3) is 0.273. The van der Waals surface area contributed by atoms with Crippen LogP contribution in [0.1, 0.15) is 25.3 Å². The Morgan fingerprint density at radius 3 is 2.59 bits per heavy atom. The summed E-state index contributed by atoms with van der Waals surface area (Å²) in [5, 5.41) is 1.91. The Balaban J connectivity index is 1.98. The highest BCUT2D eigenvalue weighted by molar-refractivity contribution is 7.89. The summed E-state index contributed by atoms with van der Waals surface area (Å²) in [4.78, 5) is 16.3. The van der Waals surface area contributed by atoms with E-state index >= 15 is 0 Å². The zero-order chi connectivity index (χ0) is 23.3. The van der Waals surface area contributed by atoms with Crippen molar-refractivity contribution in [2.24, 2.45) is 0 Å². The number of aromatic nitrogens is 1. The summed E-state index contributed by atoms with van der Waals surface area (Å²) in [5.41, 5.74) is 0.631. The van der Waals surface area contributed by atoms with Crippen molar-refractivity contribution in [2.75, 3.05) is 13.2 Å². The topological polar surface area (TPSA) is 76.6 Å². The minimum Gasteiger partial charge on any atom is -0.465 e. The predicted octanol–water partition coefficient (Wildman–Crippen LogP) is 5.73. The first-order chi connectivity index (χ1) is 15.2. The monoisotopic (exact) mass is 514 g/mol. The van der Waals surface area contributed by atoms with E-state index in [2.05, 4.69) is 4.98 Å². The molecule has 0 aliphatic rings. The minimum atomic E-state index is -4.10. The third-order valence-electron chi connectivity index (χ3n) is 4.71. The number of halogens is 3. The molecule has 0 spiro atoms. The van der Waals surface area contributed by atoms with Gasteiger partial charge in [0.25, 0.3) is 0 Å². The smallest absolute Gasteiger partial charge is 0.321 e. The number of rotatable bonds is 9. The average molecular weight is 516 g/mol. The molecule has 1 aromatic heterocycles. The summed E-state index contributed by atoms with van der Waals surface area (Å²) in [6.45, 7) is 1.69. The highest BCUT2D eigenvalue weighted by Gasteiger charge is 2.28. The quantitative estimate of drug-likeness (QED) is 0.207. The van der Waals surface area contributed by atoms with Gasteiger partial charge in [0, 0.05) is 28.5 Å². The second kappa shape index (κ2) is 10.8. The molecule has 0 radical (unpaired) electrons. The molecule has 0 unspecified atom stereocenters. The van der Waals surface area contributed by atoms with Crippen LogP contribution in [0.15, 0.2) is 53.6 Å². The third kappa shape index (κ3) is 5.91. The van der Waals surface area contributed by atoms with E-state index in [-0.39, 0.29) is 23.2 Å². The molecule has 32 heavy (non-hydrogen) atoms. The first-order valence-corrected chi connectivity index (χ1v) is 12.4. The lowest BCUT2D eigenvalue weighted by atomic mass is 10.2. The average Bonchev–Trinajstić information content (AvgIpc) is 2.76. The van der Waals surface area contributed by atoms with Crippen molar-refractivity contribution in [3.8, 4) is 0 Å². The van der Waals surface area contributed by atoms with Crippen LogP contribution in [0.5, 0.6) is 0 Å². The lowest BCUT2D eigenvalue weighted by molar-refractivity contribution is -0.144. The van der Waals surface area contributed by atoms with Crippen LogP contribution >= 0.6 is 34.8 Å². The Bertz CT molecular complexity index is 1240. The van der Waals surface area contributed by atoms with Gasteiger partial charge in [-0.1, -0.05) is 66.3 Å². The first-order valence-electron chi connectivity index (χ1n) is 9.86. The molecular formula is C22H21Cl3N2O4S. The van der Waals surface area contributed by atoms with Crippen LogP contribution in [0.3, 0.4) is 0 Å². The maximum absolute atomic E-state index is 13.5. The van der Waals surface area contributed by atoms with Gasteiger partial charge in [0.2, 0.25) is 10.0 Å². The second-order valence-electron chi connectivity index (χ2n) is 7.08. The standard InChI is InChI=1S/C22H21Cl3N2O4S/c1-2-3-9-31-21(28)14-27(13-15-5-4-6-16(23)10-15)32(29,30)17-7-8-18-19(11-17)22(25)26-12-20(18)24/h4-8,10-12H,2-3,9,13-14H2,1H3. The molecule has 0 aliphatic carbocycles. The van der Waals surface area contributed by atoms with Gasteiger partial charge in [0.15, 0.2) is 0 Å². The van der Waals surface area contributed by atoms with Gasteiger partial charge < -0.3 is 4.74 Å². The van der Waals surface area contributed by atoms with Crippen LogP contribution in [0.25, 0.3) is 10.8 Å². The number of sulfonamides is 1. The summed E-state index contributed by atoms with van der Waals surface area (Å²) in [7, 11) is -4.10. The van der Waals surface area contributed by atoms with Gasteiger partial charge in [-0.3, -0.25) is 4.79 Å². The first kappa shape index (κ1) is 24.7. The normalized spacial score (nSPS) is 11.8. The van der Waals surface area contributed by atoms with Crippen LogP contribution < -0.4 is 0 Å². The molecule has 0 aliphatic heterocycles. The van der Waals surface area contributed by atoms with Crippen molar-refractivity contribution in [3.05, 3.63) is 69.4 Å². The van der Waals surface area contributed by atoms with Gasteiger partial charge in [-0.15, -0.1) is 0 Å². The van der Waals surface area contributed by atoms with Gasteiger partial charge in [-0.05, 0) is 36.2 Å². The molecule has 0 N–H and O–H groups in total. The van der Waals surface area contributed by atoms with Crippen LogP contribution in [-0.4, -0.2) is 36.8 Å². The number of benzene rings is 2. The molecule has 0 atom stereocenters. The zero-order valence-electron chi connectivity index (χ0n) is 17.2. The molecule has 170 valence electrons. The van der Waals surface area contributed by atoms with E-state index in [4.69, 9.17) is 39.5 Å². The van der Waals surface area contributed by atoms with Crippen LogP contribution in [0, 0.1) is 0 Å². The molecule has 1 heterocycles.